The molecule has 0 aliphatic rings. The number of benzene rings is 1. The summed E-state index contributed by atoms with van der Waals surface area (Å²) >= 11 is 0. The topological polar surface area (TPSA) is 75.6 Å². The van der Waals surface area contributed by atoms with Crippen LogP contribution < -0.4 is 5.32 Å². The molecule has 0 aliphatic heterocycles. The number of aliphatic carboxylic acids is 1. The minimum atomic E-state index is -1.67. The molecule has 0 radical (unpaired) electrons. The molecule has 22 heavy (non-hydrogen) atoms. The van der Waals surface area contributed by atoms with Crippen LogP contribution in [0.4, 0.5) is 18.0 Å². The van der Waals surface area contributed by atoms with E-state index in [-0.39, 0.29) is 0 Å². The number of ether oxygens (including phenoxy) is 1. The molecule has 8 heteroatoms. The van der Waals surface area contributed by atoms with Crippen molar-refractivity contribution in [3.05, 3.63) is 35.1 Å². The summed E-state index contributed by atoms with van der Waals surface area (Å²) in [6.07, 6.45) is -1.82. The highest BCUT2D eigenvalue weighted by Gasteiger charge is 2.27. The first kappa shape index (κ1) is 17.8. The molecule has 1 rings (SSSR count). The predicted octanol–water partition coefficient (Wildman–Crippen LogP) is 2.62. The Morgan fingerprint density at radius 3 is 2.27 bits per heavy atom. The van der Waals surface area contributed by atoms with Crippen LogP contribution in [0.1, 0.15) is 26.3 Å². The lowest BCUT2D eigenvalue weighted by Crippen LogP contribution is -2.45. The van der Waals surface area contributed by atoms with E-state index in [0.29, 0.717) is 12.1 Å². The fourth-order valence-electron chi connectivity index (χ4n) is 1.61. The van der Waals surface area contributed by atoms with Crippen molar-refractivity contribution in [3.8, 4) is 0 Å². The maximum Gasteiger partial charge on any atom is 0.408 e. The second-order valence-electron chi connectivity index (χ2n) is 5.56. The maximum atomic E-state index is 13.5. The van der Waals surface area contributed by atoms with Gasteiger partial charge in [-0.2, -0.15) is 0 Å². The van der Waals surface area contributed by atoms with Gasteiger partial charge < -0.3 is 15.2 Å². The van der Waals surface area contributed by atoms with Crippen LogP contribution in [-0.2, 0) is 16.0 Å². The molecule has 1 aromatic carbocycles. The smallest absolute Gasteiger partial charge is 0.408 e. The van der Waals surface area contributed by atoms with Gasteiger partial charge in [0.15, 0.2) is 11.6 Å². The molecule has 2 N–H and O–H groups in total. The minimum absolute atomic E-state index is 0.589. The van der Waals surface area contributed by atoms with Gasteiger partial charge in [-0.15, -0.1) is 0 Å². The summed E-state index contributed by atoms with van der Waals surface area (Å²) in [7, 11) is 0. The van der Waals surface area contributed by atoms with Gasteiger partial charge in [-0.05, 0) is 32.9 Å². The first-order valence-corrected chi connectivity index (χ1v) is 6.36. The van der Waals surface area contributed by atoms with E-state index in [2.05, 4.69) is 0 Å². The lowest BCUT2D eigenvalue weighted by atomic mass is 10.0. The molecule has 0 bridgehead atoms. The summed E-state index contributed by atoms with van der Waals surface area (Å²) < 4.78 is 45.0. The van der Waals surface area contributed by atoms with E-state index in [1.54, 1.807) is 20.8 Å². The molecule has 0 spiro atoms. The molecule has 122 valence electrons. The van der Waals surface area contributed by atoms with Crippen LogP contribution in [0.3, 0.4) is 0 Å². The largest absolute Gasteiger partial charge is 0.480 e. The van der Waals surface area contributed by atoms with E-state index in [4.69, 9.17) is 9.84 Å². The van der Waals surface area contributed by atoms with Gasteiger partial charge >= 0.3 is 12.1 Å². The number of nitrogens with one attached hydrogen (secondary N) is 1. The molecule has 0 aromatic heterocycles. The minimum Gasteiger partial charge on any atom is -0.480 e. The third-order valence-electron chi connectivity index (χ3n) is 2.54. The summed E-state index contributed by atoms with van der Waals surface area (Å²) in [5.41, 5.74) is -1.63. The van der Waals surface area contributed by atoms with E-state index in [1.807, 2.05) is 5.32 Å². The van der Waals surface area contributed by atoms with Gasteiger partial charge in [-0.1, -0.05) is 0 Å². The van der Waals surface area contributed by atoms with E-state index < -0.39 is 53.1 Å². The Kier molecular flexibility index (Phi) is 5.40. The van der Waals surface area contributed by atoms with Crippen molar-refractivity contribution in [2.45, 2.75) is 38.8 Å². The Morgan fingerprint density at radius 1 is 1.23 bits per heavy atom. The predicted molar refractivity (Wildman–Crippen MR) is 70.8 cm³/mol. The normalized spacial score (nSPS) is 12.6. The monoisotopic (exact) mass is 319 g/mol. The Labute approximate surface area is 125 Å². The van der Waals surface area contributed by atoms with Gasteiger partial charge in [0, 0.05) is 12.0 Å². The van der Waals surface area contributed by atoms with Gasteiger partial charge in [0.2, 0.25) is 0 Å². The standard InChI is InChI=1S/C14H16F3NO4/c1-14(2,3)22-13(21)18-10(12(19)20)6-7-8(15)4-5-9(16)11(7)17/h4-5,10H,6H2,1-3H3,(H,18,21)(H,19,20). The average Bonchev–Trinajstić information content (AvgIpc) is 2.35. The van der Waals surface area contributed by atoms with Crippen molar-refractivity contribution < 1.29 is 32.6 Å². The SMILES string of the molecule is CC(C)(C)OC(=O)NC(Cc1c(F)ccc(F)c1F)C(=O)O. The summed E-state index contributed by atoms with van der Waals surface area (Å²) in [5.74, 6) is -5.43. The van der Waals surface area contributed by atoms with Crippen molar-refractivity contribution in [2.24, 2.45) is 0 Å². The zero-order valence-electron chi connectivity index (χ0n) is 12.2. The first-order valence-electron chi connectivity index (χ1n) is 6.36. The number of carbonyl (C=O) groups excluding carboxylic acids is 1. The summed E-state index contributed by atoms with van der Waals surface area (Å²) in [4.78, 5) is 22.6. The molecule has 1 unspecified atom stereocenters. The third kappa shape index (κ3) is 4.94. The van der Waals surface area contributed by atoms with Crippen molar-refractivity contribution in [2.75, 3.05) is 0 Å². The molecule has 0 heterocycles. The Bertz CT molecular complexity index is 584. The third-order valence-corrected chi connectivity index (χ3v) is 2.54. The van der Waals surface area contributed by atoms with Crippen LogP contribution in [-0.4, -0.2) is 28.8 Å². The molecule has 1 aromatic rings. The van der Waals surface area contributed by atoms with E-state index in [0.717, 1.165) is 0 Å². The van der Waals surface area contributed by atoms with Crippen molar-refractivity contribution >= 4 is 12.1 Å². The molecular formula is C14H16F3NO4. The lowest BCUT2D eigenvalue weighted by molar-refractivity contribution is -0.139. The molecular weight excluding hydrogens is 303 g/mol. The molecule has 1 amide bonds. The molecule has 0 saturated carbocycles. The van der Waals surface area contributed by atoms with E-state index in [9.17, 15) is 22.8 Å². The number of carboxylic acids is 1. The summed E-state index contributed by atoms with van der Waals surface area (Å²) in [6, 6.07) is -0.397. The van der Waals surface area contributed by atoms with Gasteiger partial charge in [0.05, 0.1) is 0 Å². The molecule has 0 aliphatic carbocycles. The number of carbonyl (C=O) groups is 2. The Balaban J connectivity index is 2.93. The van der Waals surface area contributed by atoms with Crippen LogP contribution in [0.5, 0.6) is 0 Å². The fourth-order valence-corrected chi connectivity index (χ4v) is 1.61. The van der Waals surface area contributed by atoms with E-state index in [1.165, 1.54) is 0 Å². The molecule has 0 saturated heterocycles. The van der Waals surface area contributed by atoms with Gasteiger partial charge in [0.25, 0.3) is 0 Å². The van der Waals surface area contributed by atoms with Crippen molar-refractivity contribution in [1.29, 1.82) is 0 Å². The second-order valence-corrected chi connectivity index (χ2v) is 5.56. The van der Waals surface area contributed by atoms with Crippen LogP contribution in [0.15, 0.2) is 12.1 Å². The lowest BCUT2D eigenvalue weighted by Gasteiger charge is -2.22. The van der Waals surface area contributed by atoms with Crippen molar-refractivity contribution in [1.82, 2.24) is 5.32 Å². The highest BCUT2D eigenvalue weighted by atomic mass is 19.2. The number of alkyl carbamates (subject to hydrolysis) is 1. The zero-order chi connectivity index (χ0) is 17.1. The van der Waals surface area contributed by atoms with Crippen LogP contribution in [0.25, 0.3) is 0 Å². The molecule has 0 fully saturated rings. The number of rotatable bonds is 4. The number of amides is 1. The fraction of sp³-hybridized carbons (Fsp3) is 0.429. The first-order chi connectivity index (χ1) is 10.0. The Morgan fingerprint density at radius 2 is 1.77 bits per heavy atom. The summed E-state index contributed by atoms with van der Waals surface area (Å²) in [6.45, 7) is 4.69. The molecule has 5 nitrogen and oxygen atoms in total. The number of hydrogen-bond acceptors (Lipinski definition) is 3. The number of carboxylic acid groups (broad SMARTS) is 1. The maximum absolute atomic E-state index is 13.5. The highest BCUT2D eigenvalue weighted by molar-refractivity contribution is 5.80. The van der Waals surface area contributed by atoms with Crippen LogP contribution in [0.2, 0.25) is 0 Å². The van der Waals surface area contributed by atoms with Crippen molar-refractivity contribution in [3.63, 3.8) is 0 Å². The molecule has 1 atom stereocenters. The van der Waals surface area contributed by atoms with Crippen LogP contribution in [0, 0.1) is 17.5 Å². The summed E-state index contributed by atoms with van der Waals surface area (Å²) in [5, 5.41) is 11.0. The second kappa shape index (κ2) is 6.67. The zero-order valence-corrected chi connectivity index (χ0v) is 12.2. The number of hydrogen-bond donors (Lipinski definition) is 2. The van der Waals surface area contributed by atoms with Gasteiger partial charge in [-0.25, -0.2) is 22.8 Å². The van der Waals surface area contributed by atoms with Gasteiger partial charge in [-0.3, -0.25) is 0 Å². The van der Waals surface area contributed by atoms with Crippen LogP contribution >= 0.6 is 0 Å². The average molecular weight is 319 g/mol. The Hall–Kier alpha value is -2.25. The quantitative estimate of drug-likeness (QED) is 0.837. The highest BCUT2D eigenvalue weighted by Crippen LogP contribution is 2.18. The number of halogens is 3. The van der Waals surface area contributed by atoms with E-state index >= 15 is 0 Å². The van der Waals surface area contributed by atoms with Gasteiger partial charge in [0.1, 0.15) is 17.5 Å².